The number of aromatic amines is 1. The van der Waals surface area contributed by atoms with Gasteiger partial charge in [-0.25, -0.2) is 0 Å². The number of aryl methyl sites for hydroxylation is 1. The van der Waals surface area contributed by atoms with Gasteiger partial charge >= 0.3 is 0 Å². The second-order valence-electron chi connectivity index (χ2n) is 10.2. The van der Waals surface area contributed by atoms with E-state index in [-0.39, 0.29) is 11.5 Å². The normalized spacial score (nSPS) is 28.7. The highest BCUT2D eigenvalue weighted by atomic mass is 16.5. The lowest BCUT2D eigenvalue weighted by molar-refractivity contribution is -0.0254. The lowest BCUT2D eigenvalue weighted by Gasteiger charge is -2.57. The molecule has 5 heteroatoms. The van der Waals surface area contributed by atoms with Gasteiger partial charge in [0.25, 0.3) is 0 Å². The van der Waals surface area contributed by atoms with E-state index in [9.17, 15) is 0 Å². The molecular weight excluding hydrogens is 412 g/mol. The minimum absolute atomic E-state index is 0.0125. The van der Waals surface area contributed by atoms with E-state index in [1.807, 2.05) is 0 Å². The third-order valence-electron chi connectivity index (χ3n) is 8.99. The smallest absolute Gasteiger partial charge is 0.166 e. The molecule has 0 amide bonds. The van der Waals surface area contributed by atoms with Gasteiger partial charge in [-0.2, -0.15) is 0 Å². The Kier molecular flexibility index (Phi) is 3.89. The van der Waals surface area contributed by atoms with E-state index >= 15 is 0 Å². The van der Waals surface area contributed by atoms with Crippen LogP contribution in [0.1, 0.15) is 40.6 Å². The Hall–Kier alpha value is -2.92. The first kappa shape index (κ1) is 19.5. The Morgan fingerprint density at radius 3 is 2.64 bits per heavy atom. The average Bonchev–Trinajstić information content (AvgIpc) is 3.35. The number of nitrogens with one attached hydrogen (secondary N) is 1. The molecule has 0 unspecified atom stereocenters. The Labute approximate surface area is 194 Å². The molecule has 3 heterocycles. The maximum absolute atomic E-state index is 6.91. The second kappa shape index (κ2) is 6.57. The number of ether oxygens (including phenoxy) is 3. The first-order chi connectivity index (χ1) is 16.1. The number of hydrogen-bond donors (Lipinski definition) is 1. The number of piperidine rings is 1. The van der Waals surface area contributed by atoms with Gasteiger partial charge in [0.1, 0.15) is 11.9 Å². The molecule has 0 saturated carbocycles. The fraction of sp³-hybridized carbons (Fsp3) is 0.429. The lowest BCUT2D eigenvalue weighted by atomic mass is 9.51. The summed E-state index contributed by atoms with van der Waals surface area (Å²) in [4.78, 5) is 6.39. The van der Waals surface area contributed by atoms with Crippen LogP contribution in [-0.4, -0.2) is 43.7 Å². The molecule has 1 N–H and O–H groups in total. The summed E-state index contributed by atoms with van der Waals surface area (Å²) in [5.41, 5.74) is 9.40. The zero-order valence-electron chi connectivity index (χ0n) is 19.7. The minimum atomic E-state index is 0.0125. The van der Waals surface area contributed by atoms with Crippen LogP contribution in [0.3, 0.4) is 0 Å². The predicted molar refractivity (Wildman–Crippen MR) is 127 cm³/mol. The molecule has 1 spiro atoms. The van der Waals surface area contributed by atoms with Gasteiger partial charge in [0, 0.05) is 28.3 Å². The number of nitrogens with zero attached hydrogens (tertiary/aromatic N) is 1. The molecule has 170 valence electrons. The van der Waals surface area contributed by atoms with E-state index in [0.717, 1.165) is 43.1 Å². The maximum Gasteiger partial charge on any atom is 0.166 e. The largest absolute Gasteiger partial charge is 0.497 e. The van der Waals surface area contributed by atoms with Gasteiger partial charge in [-0.15, -0.1) is 0 Å². The topological polar surface area (TPSA) is 46.7 Å². The van der Waals surface area contributed by atoms with E-state index in [1.54, 1.807) is 14.2 Å². The third-order valence-corrected chi connectivity index (χ3v) is 8.99. The van der Waals surface area contributed by atoms with Crippen LogP contribution in [0.4, 0.5) is 0 Å². The van der Waals surface area contributed by atoms with Crippen molar-refractivity contribution < 1.29 is 14.2 Å². The Balaban J connectivity index is 1.46. The maximum atomic E-state index is 6.91. The molecule has 0 radical (unpaired) electrons. The zero-order valence-corrected chi connectivity index (χ0v) is 19.7. The number of hydrogen-bond acceptors (Lipinski definition) is 4. The zero-order chi connectivity index (χ0) is 22.5. The summed E-state index contributed by atoms with van der Waals surface area (Å²) < 4.78 is 18.1. The molecule has 2 aliphatic carbocycles. The van der Waals surface area contributed by atoms with Crippen molar-refractivity contribution in [3.63, 3.8) is 0 Å². The van der Waals surface area contributed by atoms with Crippen LogP contribution in [0, 0.1) is 12.8 Å². The van der Waals surface area contributed by atoms with Gasteiger partial charge in [0.05, 0.1) is 19.9 Å². The van der Waals surface area contributed by atoms with Gasteiger partial charge in [-0.3, -0.25) is 0 Å². The minimum Gasteiger partial charge on any atom is -0.497 e. The molecule has 2 bridgehead atoms. The summed E-state index contributed by atoms with van der Waals surface area (Å²) in [6.07, 6.45) is 3.30. The number of likely N-dealkylation sites (N-methyl/N-ethyl adjacent to an activating group) is 1. The molecule has 2 aromatic carbocycles. The quantitative estimate of drug-likeness (QED) is 0.632. The van der Waals surface area contributed by atoms with Crippen LogP contribution in [0.2, 0.25) is 0 Å². The molecule has 7 rings (SSSR count). The van der Waals surface area contributed by atoms with Crippen LogP contribution in [0.15, 0.2) is 36.4 Å². The standard InChI is InChI=1S/C28H30N2O3/c1-15-23(16-5-8-18(31-3)9-6-16)19-14-20-21-13-17-7-10-22(32-4)26-24(17)28(20,11-12-30(21)2)27(33-26)25(19)29-15/h5-10,20-21,27,29H,11-14H2,1-4H3/t20-,21+,27-,28-/m0/s1. The molecule has 4 aliphatic rings. The van der Waals surface area contributed by atoms with Crippen molar-refractivity contribution >= 4 is 0 Å². The molecule has 1 fully saturated rings. The highest BCUT2D eigenvalue weighted by Crippen LogP contribution is 2.67. The van der Waals surface area contributed by atoms with Crippen molar-refractivity contribution in [2.75, 3.05) is 27.8 Å². The van der Waals surface area contributed by atoms with E-state index in [0.29, 0.717) is 12.0 Å². The average molecular weight is 443 g/mol. The van der Waals surface area contributed by atoms with Gasteiger partial charge < -0.3 is 24.1 Å². The molecule has 5 nitrogen and oxygen atoms in total. The Morgan fingerprint density at radius 1 is 1.06 bits per heavy atom. The van der Waals surface area contributed by atoms with Crippen LogP contribution < -0.4 is 14.2 Å². The number of likely N-dealkylation sites (tertiary alicyclic amines) is 1. The summed E-state index contributed by atoms with van der Waals surface area (Å²) in [7, 11) is 5.78. The summed E-state index contributed by atoms with van der Waals surface area (Å²) in [5, 5.41) is 0. The summed E-state index contributed by atoms with van der Waals surface area (Å²) in [6.45, 7) is 3.31. The summed E-state index contributed by atoms with van der Waals surface area (Å²) in [6, 6.07) is 13.4. The number of benzene rings is 2. The summed E-state index contributed by atoms with van der Waals surface area (Å²) in [5.74, 6) is 3.27. The van der Waals surface area contributed by atoms with Crippen LogP contribution in [0.5, 0.6) is 17.2 Å². The number of rotatable bonds is 3. The highest BCUT2D eigenvalue weighted by molar-refractivity contribution is 5.74. The third kappa shape index (κ3) is 2.31. The fourth-order valence-electron chi connectivity index (χ4n) is 7.58. The molecule has 33 heavy (non-hydrogen) atoms. The Bertz CT molecular complexity index is 1280. The van der Waals surface area contributed by atoms with E-state index in [4.69, 9.17) is 14.2 Å². The van der Waals surface area contributed by atoms with Crippen molar-refractivity contribution in [2.24, 2.45) is 5.92 Å². The predicted octanol–water partition coefficient (Wildman–Crippen LogP) is 4.81. The summed E-state index contributed by atoms with van der Waals surface area (Å²) >= 11 is 0. The lowest BCUT2D eigenvalue weighted by Crippen LogP contribution is -2.62. The van der Waals surface area contributed by atoms with Gasteiger partial charge in [-0.05, 0) is 80.6 Å². The number of methoxy groups -OCH3 is 2. The molecule has 2 aliphatic heterocycles. The second-order valence-corrected chi connectivity index (χ2v) is 10.2. The molecular formula is C28H30N2O3. The van der Waals surface area contributed by atoms with Crippen molar-refractivity contribution in [2.45, 2.75) is 43.7 Å². The monoisotopic (exact) mass is 442 g/mol. The van der Waals surface area contributed by atoms with E-state index in [1.165, 1.54) is 39.2 Å². The van der Waals surface area contributed by atoms with Gasteiger partial charge in [0.2, 0.25) is 0 Å². The molecule has 4 atom stereocenters. The molecule has 1 aromatic heterocycles. The number of fused-ring (bicyclic) bond motifs is 2. The first-order valence-corrected chi connectivity index (χ1v) is 12.0. The van der Waals surface area contributed by atoms with Crippen LogP contribution in [-0.2, 0) is 18.3 Å². The van der Waals surface area contributed by atoms with Gasteiger partial charge in [0.15, 0.2) is 11.5 Å². The van der Waals surface area contributed by atoms with Crippen molar-refractivity contribution in [3.05, 3.63) is 64.5 Å². The van der Waals surface area contributed by atoms with Crippen LogP contribution >= 0.6 is 0 Å². The number of H-pyrrole nitrogens is 1. The SMILES string of the molecule is COc1ccc(-c2c(C)[nH]c3c2C[C@H]2[C@H]4Cc5ccc(OC)c6c5[C@@]2(CCN4C)[C@H]3O6)cc1. The number of aromatic nitrogens is 1. The fourth-order valence-corrected chi connectivity index (χ4v) is 7.58. The van der Waals surface area contributed by atoms with Gasteiger partial charge in [-0.1, -0.05) is 18.2 Å². The molecule has 3 aromatic rings. The van der Waals surface area contributed by atoms with Crippen molar-refractivity contribution in [1.29, 1.82) is 0 Å². The van der Waals surface area contributed by atoms with E-state index in [2.05, 4.69) is 60.3 Å². The molecule has 1 saturated heterocycles. The highest BCUT2D eigenvalue weighted by Gasteiger charge is 2.65. The Morgan fingerprint density at radius 2 is 1.88 bits per heavy atom. The van der Waals surface area contributed by atoms with E-state index < -0.39 is 0 Å². The van der Waals surface area contributed by atoms with Crippen LogP contribution in [0.25, 0.3) is 11.1 Å². The van der Waals surface area contributed by atoms with Crippen molar-refractivity contribution in [1.82, 2.24) is 9.88 Å². The first-order valence-electron chi connectivity index (χ1n) is 12.0. The van der Waals surface area contributed by atoms with Crippen molar-refractivity contribution in [3.8, 4) is 28.4 Å².